The highest BCUT2D eigenvalue weighted by molar-refractivity contribution is 5.71. The van der Waals surface area contributed by atoms with Crippen molar-refractivity contribution in [2.24, 2.45) is 5.73 Å². The van der Waals surface area contributed by atoms with Crippen molar-refractivity contribution in [3.05, 3.63) is 18.0 Å². The molecule has 1 aliphatic heterocycles. The smallest absolute Gasteiger partial charge is 0.240 e. The third kappa shape index (κ3) is 1.65. The molecule has 1 aliphatic rings. The summed E-state index contributed by atoms with van der Waals surface area (Å²) in [5.74, 6) is 2.58. The maximum absolute atomic E-state index is 5.43. The van der Waals surface area contributed by atoms with Crippen LogP contribution in [0.3, 0.4) is 0 Å². The van der Waals surface area contributed by atoms with Gasteiger partial charge in [-0.15, -0.1) is 0 Å². The van der Waals surface area contributed by atoms with Crippen molar-refractivity contribution in [2.45, 2.75) is 6.54 Å². The fraction of sp³-hybridized carbons (Fsp3) is 0.273. The molecule has 0 unspecified atom stereocenters. The monoisotopic (exact) mass is 249 g/mol. The Morgan fingerprint density at radius 3 is 3.00 bits per heavy atom. The summed E-state index contributed by atoms with van der Waals surface area (Å²) in [5, 5.41) is 3.85. The molecule has 2 N–H and O–H groups in total. The van der Waals surface area contributed by atoms with E-state index in [-0.39, 0.29) is 13.3 Å². The molecule has 1 aromatic carbocycles. The number of fused-ring (bicyclic) bond motifs is 1. The van der Waals surface area contributed by atoms with Gasteiger partial charge in [0.2, 0.25) is 18.5 Å². The van der Waals surface area contributed by atoms with Crippen molar-refractivity contribution in [3.8, 4) is 28.6 Å². The van der Waals surface area contributed by atoms with Crippen LogP contribution in [0.1, 0.15) is 5.89 Å². The standard InChI is InChI=1S/C11H11N3O4/c1-15-6-2-7(10-8(3-6)16-5-17-10)11-13-9(4-12)18-14-11/h2-3H,4-5,12H2,1H3. The molecule has 1 aromatic heterocycles. The van der Waals surface area contributed by atoms with Crippen molar-refractivity contribution in [1.29, 1.82) is 0 Å². The minimum Gasteiger partial charge on any atom is -0.497 e. The van der Waals surface area contributed by atoms with E-state index in [0.29, 0.717) is 34.5 Å². The number of aromatic nitrogens is 2. The molecule has 7 heteroatoms. The lowest BCUT2D eigenvalue weighted by Crippen LogP contribution is -1.96. The highest BCUT2D eigenvalue weighted by Crippen LogP contribution is 2.43. The highest BCUT2D eigenvalue weighted by atomic mass is 16.7. The molecule has 0 aliphatic carbocycles. The minimum atomic E-state index is 0.164. The summed E-state index contributed by atoms with van der Waals surface area (Å²) in [6.45, 7) is 0.355. The van der Waals surface area contributed by atoms with Crippen LogP contribution in [0.5, 0.6) is 17.2 Å². The van der Waals surface area contributed by atoms with E-state index in [1.54, 1.807) is 19.2 Å². The molecule has 2 heterocycles. The SMILES string of the molecule is COc1cc2c(c(-c3noc(CN)n3)c1)OCO2. The predicted molar refractivity (Wildman–Crippen MR) is 60.3 cm³/mol. The summed E-state index contributed by atoms with van der Waals surface area (Å²) < 4.78 is 20.9. The van der Waals surface area contributed by atoms with Crippen molar-refractivity contribution in [2.75, 3.05) is 13.9 Å². The van der Waals surface area contributed by atoms with Gasteiger partial charge < -0.3 is 24.5 Å². The van der Waals surface area contributed by atoms with E-state index in [9.17, 15) is 0 Å². The zero-order valence-electron chi connectivity index (χ0n) is 9.67. The second-order valence-electron chi connectivity index (χ2n) is 3.62. The maximum Gasteiger partial charge on any atom is 0.240 e. The topological polar surface area (TPSA) is 92.6 Å². The number of methoxy groups -OCH3 is 1. The molecule has 0 radical (unpaired) electrons. The molecule has 0 amide bonds. The molecule has 0 fully saturated rings. The minimum absolute atomic E-state index is 0.164. The van der Waals surface area contributed by atoms with Gasteiger partial charge in [-0.1, -0.05) is 5.16 Å². The number of nitrogens with zero attached hydrogens (tertiary/aromatic N) is 2. The van der Waals surface area contributed by atoms with Crippen LogP contribution in [0.15, 0.2) is 16.7 Å². The Hall–Kier alpha value is -2.28. The predicted octanol–water partition coefficient (Wildman–Crippen LogP) is 0.933. The van der Waals surface area contributed by atoms with Gasteiger partial charge in [-0.05, 0) is 6.07 Å². The largest absolute Gasteiger partial charge is 0.497 e. The first kappa shape index (κ1) is 10.8. The summed E-state index contributed by atoms with van der Waals surface area (Å²) in [7, 11) is 1.57. The molecule has 0 atom stereocenters. The summed E-state index contributed by atoms with van der Waals surface area (Å²) in [6, 6.07) is 3.51. The molecule has 2 aromatic rings. The Morgan fingerprint density at radius 2 is 2.28 bits per heavy atom. The Labute approximate surface area is 102 Å². The van der Waals surface area contributed by atoms with Crippen LogP contribution in [-0.4, -0.2) is 24.0 Å². The van der Waals surface area contributed by atoms with Crippen LogP contribution in [0.25, 0.3) is 11.4 Å². The summed E-state index contributed by atoms with van der Waals surface area (Å²) in [4.78, 5) is 4.16. The Morgan fingerprint density at radius 1 is 1.39 bits per heavy atom. The Balaban J connectivity index is 2.12. The van der Waals surface area contributed by atoms with Crippen molar-refractivity contribution >= 4 is 0 Å². The van der Waals surface area contributed by atoms with Gasteiger partial charge in [0.15, 0.2) is 11.5 Å². The quantitative estimate of drug-likeness (QED) is 0.864. The van der Waals surface area contributed by atoms with Gasteiger partial charge in [0.05, 0.1) is 19.2 Å². The molecular weight excluding hydrogens is 238 g/mol. The average molecular weight is 249 g/mol. The molecule has 3 rings (SSSR count). The van der Waals surface area contributed by atoms with Crippen LogP contribution in [0.4, 0.5) is 0 Å². The molecule has 94 valence electrons. The highest BCUT2D eigenvalue weighted by Gasteiger charge is 2.23. The van der Waals surface area contributed by atoms with Crippen molar-refractivity contribution in [1.82, 2.24) is 10.1 Å². The first-order valence-corrected chi connectivity index (χ1v) is 5.32. The molecular formula is C11H11N3O4. The first-order chi connectivity index (χ1) is 8.81. The van der Waals surface area contributed by atoms with Gasteiger partial charge in [-0.3, -0.25) is 0 Å². The van der Waals surface area contributed by atoms with E-state index in [2.05, 4.69) is 10.1 Å². The first-order valence-electron chi connectivity index (χ1n) is 5.32. The normalized spacial score (nSPS) is 12.8. The third-order valence-corrected chi connectivity index (χ3v) is 2.57. The van der Waals surface area contributed by atoms with Crippen LogP contribution in [-0.2, 0) is 6.54 Å². The van der Waals surface area contributed by atoms with E-state index in [4.69, 9.17) is 24.5 Å². The second kappa shape index (κ2) is 4.19. The zero-order chi connectivity index (χ0) is 12.5. The van der Waals surface area contributed by atoms with E-state index in [0.717, 1.165) is 0 Å². The Bertz CT molecular complexity index is 582. The Kier molecular flexibility index (Phi) is 2.52. The maximum atomic E-state index is 5.43. The van der Waals surface area contributed by atoms with Gasteiger partial charge in [0, 0.05) is 6.07 Å². The van der Waals surface area contributed by atoms with Crippen LogP contribution in [0, 0.1) is 0 Å². The average Bonchev–Trinajstić information content (AvgIpc) is 3.05. The molecule has 0 saturated heterocycles. The van der Waals surface area contributed by atoms with E-state index in [1.807, 2.05) is 0 Å². The molecule has 0 bridgehead atoms. The fourth-order valence-electron chi connectivity index (χ4n) is 1.72. The lowest BCUT2D eigenvalue weighted by Gasteiger charge is -2.05. The zero-order valence-corrected chi connectivity index (χ0v) is 9.67. The summed E-state index contributed by atoms with van der Waals surface area (Å²) >= 11 is 0. The summed E-state index contributed by atoms with van der Waals surface area (Å²) in [5.41, 5.74) is 6.09. The van der Waals surface area contributed by atoms with E-state index in [1.165, 1.54) is 0 Å². The van der Waals surface area contributed by atoms with Gasteiger partial charge >= 0.3 is 0 Å². The molecule has 0 saturated carbocycles. The van der Waals surface area contributed by atoms with E-state index >= 15 is 0 Å². The number of nitrogens with two attached hydrogens (primary N) is 1. The number of benzene rings is 1. The van der Waals surface area contributed by atoms with Crippen molar-refractivity contribution < 1.29 is 18.7 Å². The molecule has 18 heavy (non-hydrogen) atoms. The van der Waals surface area contributed by atoms with Crippen molar-refractivity contribution in [3.63, 3.8) is 0 Å². The number of hydrogen-bond acceptors (Lipinski definition) is 7. The van der Waals surface area contributed by atoms with Gasteiger partial charge in [0.1, 0.15) is 5.75 Å². The lowest BCUT2D eigenvalue weighted by molar-refractivity contribution is 0.174. The van der Waals surface area contributed by atoms with Crippen LogP contribution < -0.4 is 19.9 Å². The summed E-state index contributed by atoms with van der Waals surface area (Å²) in [6.07, 6.45) is 0. The van der Waals surface area contributed by atoms with Gasteiger partial charge in [-0.25, -0.2) is 0 Å². The lowest BCUT2D eigenvalue weighted by atomic mass is 10.1. The molecule has 0 spiro atoms. The fourth-order valence-corrected chi connectivity index (χ4v) is 1.72. The number of hydrogen-bond donors (Lipinski definition) is 1. The van der Waals surface area contributed by atoms with Gasteiger partial charge in [-0.2, -0.15) is 4.98 Å². The number of rotatable bonds is 3. The second-order valence-corrected chi connectivity index (χ2v) is 3.62. The van der Waals surface area contributed by atoms with Crippen LogP contribution >= 0.6 is 0 Å². The van der Waals surface area contributed by atoms with Gasteiger partial charge in [0.25, 0.3) is 0 Å². The number of ether oxygens (including phenoxy) is 3. The van der Waals surface area contributed by atoms with E-state index < -0.39 is 0 Å². The van der Waals surface area contributed by atoms with Crippen LogP contribution in [0.2, 0.25) is 0 Å². The molecule has 7 nitrogen and oxygen atoms in total. The third-order valence-electron chi connectivity index (χ3n) is 2.57.